The summed E-state index contributed by atoms with van der Waals surface area (Å²) in [4.78, 5) is 12.1. The van der Waals surface area contributed by atoms with Gasteiger partial charge in [0.1, 0.15) is 5.75 Å². The summed E-state index contributed by atoms with van der Waals surface area (Å²) in [5.41, 5.74) is 1.73. The number of ether oxygens (including phenoxy) is 3. The third kappa shape index (κ3) is 8.31. The number of nitrogens with one attached hydrogen (secondary N) is 2. The number of carbonyl (C=O) groups is 1. The molecule has 0 bridgehead atoms. The van der Waals surface area contributed by atoms with Gasteiger partial charge >= 0.3 is 0 Å². The average Bonchev–Trinajstić information content (AvgIpc) is 2.71. The molecule has 0 aromatic heterocycles. The van der Waals surface area contributed by atoms with E-state index in [4.69, 9.17) is 25.8 Å². The molecular formula is C24H33ClN2O4. The first-order chi connectivity index (χ1) is 14.7. The highest BCUT2D eigenvalue weighted by atomic mass is 35.5. The zero-order chi connectivity index (χ0) is 22.9. The van der Waals surface area contributed by atoms with Gasteiger partial charge in [0, 0.05) is 23.2 Å². The van der Waals surface area contributed by atoms with Crippen LogP contribution < -0.4 is 24.8 Å². The largest absolute Gasteiger partial charge is 0.496 e. The molecule has 170 valence electrons. The van der Waals surface area contributed by atoms with Crippen molar-refractivity contribution in [3.63, 3.8) is 0 Å². The van der Waals surface area contributed by atoms with Gasteiger partial charge in [0.2, 0.25) is 0 Å². The maximum Gasteiger partial charge on any atom is 0.258 e. The number of rotatable bonds is 11. The van der Waals surface area contributed by atoms with E-state index in [0.29, 0.717) is 29.7 Å². The number of carbonyl (C=O) groups excluding carboxylic acids is 1. The van der Waals surface area contributed by atoms with Crippen LogP contribution in [0.2, 0.25) is 5.02 Å². The fourth-order valence-corrected chi connectivity index (χ4v) is 3.27. The van der Waals surface area contributed by atoms with Crippen LogP contribution in [0, 0.1) is 0 Å². The first-order valence-electron chi connectivity index (χ1n) is 10.4. The van der Waals surface area contributed by atoms with Crippen LogP contribution in [0.1, 0.15) is 38.8 Å². The summed E-state index contributed by atoms with van der Waals surface area (Å²) in [6, 6.07) is 11.5. The van der Waals surface area contributed by atoms with Gasteiger partial charge in [-0.3, -0.25) is 4.79 Å². The molecule has 0 spiro atoms. The number of hydrogen-bond acceptors (Lipinski definition) is 5. The molecule has 2 aromatic rings. The second-order valence-corrected chi connectivity index (χ2v) is 8.56. The molecule has 31 heavy (non-hydrogen) atoms. The number of methoxy groups -OCH3 is 1. The van der Waals surface area contributed by atoms with Gasteiger partial charge in [-0.2, -0.15) is 0 Å². The Labute approximate surface area is 190 Å². The van der Waals surface area contributed by atoms with Gasteiger partial charge in [-0.15, -0.1) is 0 Å². The van der Waals surface area contributed by atoms with Gasteiger partial charge in [0.25, 0.3) is 5.91 Å². The van der Waals surface area contributed by atoms with Gasteiger partial charge in [-0.25, -0.2) is 0 Å². The van der Waals surface area contributed by atoms with Crippen molar-refractivity contribution in [2.45, 2.75) is 46.2 Å². The van der Waals surface area contributed by atoms with Crippen molar-refractivity contribution in [3.05, 3.63) is 52.5 Å². The van der Waals surface area contributed by atoms with E-state index in [1.807, 2.05) is 52.0 Å². The predicted octanol–water partition coefficient (Wildman–Crippen LogP) is 4.37. The van der Waals surface area contributed by atoms with Gasteiger partial charge < -0.3 is 24.8 Å². The minimum absolute atomic E-state index is 0.107. The summed E-state index contributed by atoms with van der Waals surface area (Å²) < 4.78 is 16.8. The Morgan fingerprint density at radius 2 is 1.74 bits per heavy atom. The molecular weight excluding hydrogens is 416 g/mol. The van der Waals surface area contributed by atoms with E-state index in [1.165, 1.54) is 0 Å². The number of amides is 1. The third-order valence-corrected chi connectivity index (χ3v) is 4.72. The zero-order valence-electron chi connectivity index (χ0n) is 19.0. The van der Waals surface area contributed by atoms with Crippen molar-refractivity contribution in [3.8, 4) is 17.2 Å². The molecule has 0 aliphatic rings. The topological polar surface area (TPSA) is 68.8 Å². The Kier molecular flexibility index (Phi) is 9.46. The molecule has 0 heterocycles. The van der Waals surface area contributed by atoms with Crippen LogP contribution in [-0.4, -0.2) is 38.3 Å². The first-order valence-corrected chi connectivity index (χ1v) is 10.8. The smallest absolute Gasteiger partial charge is 0.258 e. The second-order valence-electron chi connectivity index (χ2n) is 8.15. The molecule has 0 aliphatic heterocycles. The third-order valence-electron chi connectivity index (χ3n) is 4.36. The van der Waals surface area contributed by atoms with Crippen molar-refractivity contribution in [1.82, 2.24) is 10.6 Å². The Morgan fingerprint density at radius 1 is 1.03 bits per heavy atom. The molecule has 7 heteroatoms. The number of benzene rings is 2. The van der Waals surface area contributed by atoms with Gasteiger partial charge in [0.15, 0.2) is 18.1 Å². The average molecular weight is 449 g/mol. The predicted molar refractivity (Wildman–Crippen MR) is 124 cm³/mol. The quantitative estimate of drug-likeness (QED) is 0.499. The molecule has 2 rings (SSSR count). The highest BCUT2D eigenvalue weighted by Crippen LogP contribution is 2.33. The summed E-state index contributed by atoms with van der Waals surface area (Å²) in [5, 5.41) is 6.83. The maximum absolute atomic E-state index is 12.1. The summed E-state index contributed by atoms with van der Waals surface area (Å²) in [7, 11) is 1.68. The van der Waals surface area contributed by atoms with E-state index in [9.17, 15) is 4.79 Å². The molecule has 0 saturated carbocycles. The normalized spacial score (nSPS) is 11.2. The standard InChI is InChI=1S/C24H33ClN2O4/c1-6-30-21-13-18(15-26-12-11-17-9-7-8-10-20(17)29-5)19(25)14-22(21)31-16-23(28)27-24(2,3)4/h7-10,13-14,26H,6,11-12,15-16H2,1-5H3,(H,27,28). The summed E-state index contributed by atoms with van der Waals surface area (Å²) in [5.74, 6) is 1.71. The van der Waals surface area contributed by atoms with Crippen molar-refractivity contribution in [2.75, 3.05) is 26.9 Å². The molecule has 2 aromatic carbocycles. The molecule has 1 amide bonds. The van der Waals surface area contributed by atoms with Gasteiger partial charge in [-0.1, -0.05) is 29.8 Å². The van der Waals surface area contributed by atoms with Crippen LogP contribution in [0.5, 0.6) is 17.2 Å². The van der Waals surface area contributed by atoms with E-state index in [-0.39, 0.29) is 18.1 Å². The lowest BCUT2D eigenvalue weighted by Crippen LogP contribution is -2.43. The molecule has 0 aliphatic carbocycles. The number of hydrogen-bond donors (Lipinski definition) is 2. The second kappa shape index (κ2) is 11.8. The van der Waals surface area contributed by atoms with Crippen molar-refractivity contribution < 1.29 is 19.0 Å². The van der Waals surface area contributed by atoms with Gasteiger partial charge in [-0.05, 0) is 63.9 Å². The number of halogens is 1. The molecule has 0 fully saturated rings. The van der Waals surface area contributed by atoms with Crippen LogP contribution in [0.25, 0.3) is 0 Å². The lowest BCUT2D eigenvalue weighted by atomic mass is 10.1. The molecule has 0 saturated heterocycles. The van der Waals surface area contributed by atoms with Crippen molar-refractivity contribution >= 4 is 17.5 Å². The monoisotopic (exact) mass is 448 g/mol. The van der Waals surface area contributed by atoms with Crippen molar-refractivity contribution in [1.29, 1.82) is 0 Å². The van der Waals surface area contributed by atoms with Crippen LogP contribution in [0.15, 0.2) is 36.4 Å². The van der Waals surface area contributed by atoms with Crippen LogP contribution >= 0.6 is 11.6 Å². The van der Waals surface area contributed by atoms with E-state index >= 15 is 0 Å². The summed E-state index contributed by atoms with van der Waals surface area (Å²) in [6.07, 6.45) is 0.837. The first kappa shape index (κ1) is 24.8. The van der Waals surface area contributed by atoms with Crippen LogP contribution in [0.3, 0.4) is 0 Å². The van der Waals surface area contributed by atoms with Crippen LogP contribution in [0.4, 0.5) is 0 Å². The minimum Gasteiger partial charge on any atom is -0.496 e. The van der Waals surface area contributed by atoms with E-state index < -0.39 is 0 Å². The minimum atomic E-state index is -0.319. The highest BCUT2D eigenvalue weighted by Gasteiger charge is 2.16. The SMILES string of the molecule is CCOc1cc(CNCCc2ccccc2OC)c(Cl)cc1OCC(=O)NC(C)(C)C. The van der Waals surface area contributed by atoms with Gasteiger partial charge in [0.05, 0.1) is 13.7 Å². The fourth-order valence-electron chi connectivity index (χ4n) is 3.05. The van der Waals surface area contributed by atoms with Crippen molar-refractivity contribution in [2.24, 2.45) is 0 Å². The van der Waals surface area contributed by atoms with E-state index in [1.54, 1.807) is 13.2 Å². The molecule has 0 unspecified atom stereocenters. The summed E-state index contributed by atoms with van der Waals surface area (Å²) >= 11 is 6.47. The molecule has 6 nitrogen and oxygen atoms in total. The Hall–Kier alpha value is -2.44. The zero-order valence-corrected chi connectivity index (χ0v) is 19.8. The van der Waals surface area contributed by atoms with Crippen LogP contribution in [-0.2, 0) is 17.8 Å². The molecule has 0 radical (unpaired) electrons. The molecule has 2 N–H and O–H groups in total. The Balaban J connectivity index is 1.98. The lowest BCUT2D eigenvalue weighted by molar-refractivity contribution is -0.124. The Bertz CT molecular complexity index is 865. The highest BCUT2D eigenvalue weighted by molar-refractivity contribution is 6.31. The van der Waals surface area contributed by atoms with E-state index in [0.717, 1.165) is 29.8 Å². The fraction of sp³-hybridized carbons (Fsp3) is 0.458. The maximum atomic E-state index is 12.1. The van der Waals surface area contributed by atoms with E-state index in [2.05, 4.69) is 16.7 Å². The number of para-hydroxylation sites is 1. The lowest BCUT2D eigenvalue weighted by Gasteiger charge is -2.21. The Morgan fingerprint density at radius 3 is 2.42 bits per heavy atom. The molecule has 0 atom stereocenters. The summed E-state index contributed by atoms with van der Waals surface area (Å²) in [6.45, 7) is 9.38.